The molecule has 4 aromatic rings. The second kappa shape index (κ2) is 8.62. The number of carbonyl (C=O) groups excluding carboxylic acids is 2. The standard InChI is InChI=1S/C24H19FN4O2/c1-16-7-5-10-19(13-16)27-24(31)21-15-26-29(20-11-3-2-4-12-20)22(21)28-23(30)17-8-6-9-18(25)14-17/h2-15H,1H3,(H,27,31)(H,28,30). The summed E-state index contributed by atoms with van der Waals surface area (Å²) in [6.45, 7) is 1.92. The number of para-hydroxylation sites is 1. The summed E-state index contributed by atoms with van der Waals surface area (Å²) in [6, 6.07) is 21.8. The molecule has 0 radical (unpaired) electrons. The van der Waals surface area contributed by atoms with E-state index in [9.17, 15) is 14.0 Å². The third-order valence-electron chi connectivity index (χ3n) is 4.61. The van der Waals surface area contributed by atoms with E-state index < -0.39 is 17.6 Å². The zero-order valence-corrected chi connectivity index (χ0v) is 16.7. The van der Waals surface area contributed by atoms with Gasteiger partial charge < -0.3 is 10.6 Å². The Morgan fingerprint density at radius 2 is 1.65 bits per heavy atom. The highest BCUT2D eigenvalue weighted by Crippen LogP contribution is 2.23. The summed E-state index contributed by atoms with van der Waals surface area (Å²) in [4.78, 5) is 25.8. The van der Waals surface area contributed by atoms with E-state index in [0.29, 0.717) is 11.4 Å². The minimum atomic E-state index is -0.554. The molecule has 0 fully saturated rings. The average molecular weight is 414 g/mol. The number of hydrogen-bond donors (Lipinski definition) is 2. The summed E-state index contributed by atoms with van der Waals surface area (Å²) in [7, 11) is 0. The third kappa shape index (κ3) is 4.51. The monoisotopic (exact) mass is 414 g/mol. The molecule has 7 heteroatoms. The molecule has 0 aliphatic rings. The number of aryl methyl sites for hydroxylation is 1. The van der Waals surface area contributed by atoms with Crippen molar-refractivity contribution in [2.45, 2.75) is 6.92 Å². The lowest BCUT2D eigenvalue weighted by Gasteiger charge is -2.12. The van der Waals surface area contributed by atoms with Gasteiger partial charge in [0.1, 0.15) is 17.2 Å². The molecule has 1 aromatic heterocycles. The van der Waals surface area contributed by atoms with Crippen molar-refractivity contribution in [3.05, 3.63) is 108 Å². The van der Waals surface area contributed by atoms with Gasteiger partial charge in [0.2, 0.25) is 0 Å². The molecule has 0 unspecified atom stereocenters. The van der Waals surface area contributed by atoms with Crippen molar-refractivity contribution in [2.75, 3.05) is 10.6 Å². The molecular weight excluding hydrogens is 395 g/mol. The van der Waals surface area contributed by atoms with Crippen molar-refractivity contribution in [2.24, 2.45) is 0 Å². The number of hydrogen-bond acceptors (Lipinski definition) is 3. The predicted molar refractivity (Wildman–Crippen MR) is 117 cm³/mol. The van der Waals surface area contributed by atoms with Gasteiger partial charge in [-0.15, -0.1) is 0 Å². The fourth-order valence-corrected chi connectivity index (χ4v) is 3.13. The summed E-state index contributed by atoms with van der Waals surface area (Å²) in [5.41, 5.74) is 2.59. The number of halogens is 1. The van der Waals surface area contributed by atoms with Crippen molar-refractivity contribution in [3.63, 3.8) is 0 Å². The fourth-order valence-electron chi connectivity index (χ4n) is 3.13. The van der Waals surface area contributed by atoms with Gasteiger partial charge in [-0.05, 0) is 55.0 Å². The summed E-state index contributed by atoms with van der Waals surface area (Å²) >= 11 is 0. The second-order valence-electron chi connectivity index (χ2n) is 6.94. The van der Waals surface area contributed by atoms with Gasteiger partial charge in [0.25, 0.3) is 11.8 Å². The van der Waals surface area contributed by atoms with Crippen molar-refractivity contribution in [3.8, 4) is 5.69 Å². The molecule has 0 atom stereocenters. The van der Waals surface area contributed by atoms with Crippen LogP contribution >= 0.6 is 0 Å². The lowest BCUT2D eigenvalue weighted by Crippen LogP contribution is -2.19. The molecular formula is C24H19FN4O2. The van der Waals surface area contributed by atoms with Crippen LogP contribution in [0.1, 0.15) is 26.3 Å². The van der Waals surface area contributed by atoms with E-state index in [1.54, 1.807) is 18.2 Å². The maximum absolute atomic E-state index is 13.6. The maximum atomic E-state index is 13.6. The summed E-state index contributed by atoms with van der Waals surface area (Å²) < 4.78 is 15.0. The molecule has 3 aromatic carbocycles. The number of carbonyl (C=O) groups is 2. The molecule has 0 aliphatic carbocycles. The van der Waals surface area contributed by atoms with Crippen LogP contribution in [0.2, 0.25) is 0 Å². The van der Waals surface area contributed by atoms with Crippen LogP contribution in [0.25, 0.3) is 5.69 Å². The van der Waals surface area contributed by atoms with Gasteiger partial charge in [0.15, 0.2) is 0 Å². The number of benzene rings is 3. The topological polar surface area (TPSA) is 76.0 Å². The molecule has 0 spiro atoms. The van der Waals surface area contributed by atoms with Gasteiger partial charge in [0, 0.05) is 11.3 Å². The number of rotatable bonds is 5. The maximum Gasteiger partial charge on any atom is 0.261 e. The first-order chi connectivity index (χ1) is 15.0. The average Bonchev–Trinajstić information content (AvgIpc) is 3.18. The van der Waals surface area contributed by atoms with Crippen LogP contribution in [0.4, 0.5) is 15.9 Å². The molecule has 1 heterocycles. The van der Waals surface area contributed by atoms with E-state index in [1.165, 1.54) is 29.1 Å². The third-order valence-corrected chi connectivity index (χ3v) is 4.61. The Morgan fingerprint density at radius 1 is 0.871 bits per heavy atom. The quantitative estimate of drug-likeness (QED) is 0.491. The SMILES string of the molecule is Cc1cccc(NC(=O)c2cnn(-c3ccccc3)c2NC(=O)c2cccc(F)c2)c1. The van der Waals surface area contributed by atoms with Crippen LogP contribution in [0.5, 0.6) is 0 Å². The van der Waals surface area contributed by atoms with Crippen LogP contribution in [-0.4, -0.2) is 21.6 Å². The molecule has 0 saturated carbocycles. The number of anilines is 2. The second-order valence-corrected chi connectivity index (χ2v) is 6.94. The Hall–Kier alpha value is -4.26. The van der Waals surface area contributed by atoms with E-state index >= 15 is 0 Å². The van der Waals surface area contributed by atoms with Crippen LogP contribution in [0, 0.1) is 12.7 Å². The highest BCUT2D eigenvalue weighted by atomic mass is 19.1. The zero-order valence-electron chi connectivity index (χ0n) is 16.7. The van der Waals surface area contributed by atoms with Crippen LogP contribution in [0.3, 0.4) is 0 Å². The van der Waals surface area contributed by atoms with Crippen LogP contribution in [-0.2, 0) is 0 Å². The molecule has 31 heavy (non-hydrogen) atoms. The van der Waals surface area contributed by atoms with Gasteiger partial charge in [-0.2, -0.15) is 5.10 Å². The number of nitrogens with one attached hydrogen (secondary N) is 2. The Balaban J connectivity index is 1.71. The van der Waals surface area contributed by atoms with Crippen LogP contribution < -0.4 is 10.6 Å². The van der Waals surface area contributed by atoms with Gasteiger partial charge in [-0.3, -0.25) is 9.59 Å². The Labute approximate surface area is 178 Å². The highest BCUT2D eigenvalue weighted by Gasteiger charge is 2.21. The summed E-state index contributed by atoms with van der Waals surface area (Å²) in [5, 5.41) is 9.83. The van der Waals surface area contributed by atoms with Crippen molar-refractivity contribution in [1.29, 1.82) is 0 Å². The van der Waals surface area contributed by atoms with E-state index in [2.05, 4.69) is 15.7 Å². The Kier molecular flexibility index (Phi) is 5.57. The van der Waals surface area contributed by atoms with Crippen molar-refractivity contribution < 1.29 is 14.0 Å². The first-order valence-electron chi connectivity index (χ1n) is 9.59. The zero-order chi connectivity index (χ0) is 21.8. The largest absolute Gasteiger partial charge is 0.322 e. The van der Waals surface area contributed by atoms with E-state index in [1.807, 2.05) is 43.3 Å². The number of aromatic nitrogens is 2. The molecule has 0 bridgehead atoms. The summed E-state index contributed by atoms with van der Waals surface area (Å²) in [5.74, 6) is -1.32. The Morgan fingerprint density at radius 3 is 2.39 bits per heavy atom. The minimum Gasteiger partial charge on any atom is -0.322 e. The van der Waals surface area contributed by atoms with Gasteiger partial charge in [-0.1, -0.05) is 36.4 Å². The predicted octanol–water partition coefficient (Wildman–Crippen LogP) is 4.82. The minimum absolute atomic E-state index is 0.130. The van der Waals surface area contributed by atoms with E-state index in [4.69, 9.17) is 0 Å². The lowest BCUT2D eigenvalue weighted by atomic mass is 10.2. The fraction of sp³-hybridized carbons (Fsp3) is 0.0417. The smallest absolute Gasteiger partial charge is 0.261 e. The molecule has 4 rings (SSSR count). The van der Waals surface area contributed by atoms with Crippen LogP contribution in [0.15, 0.2) is 85.1 Å². The number of amides is 2. The number of nitrogens with zero attached hydrogens (tertiary/aromatic N) is 2. The van der Waals surface area contributed by atoms with E-state index in [0.717, 1.165) is 11.6 Å². The van der Waals surface area contributed by atoms with Gasteiger partial charge in [-0.25, -0.2) is 9.07 Å². The molecule has 2 N–H and O–H groups in total. The Bertz CT molecular complexity index is 1250. The molecule has 0 aliphatic heterocycles. The van der Waals surface area contributed by atoms with Gasteiger partial charge in [0.05, 0.1) is 11.9 Å². The van der Waals surface area contributed by atoms with Crippen molar-refractivity contribution >= 4 is 23.3 Å². The van der Waals surface area contributed by atoms with Crippen molar-refractivity contribution in [1.82, 2.24) is 9.78 Å². The first kappa shape index (κ1) is 20.0. The normalized spacial score (nSPS) is 10.5. The molecule has 6 nitrogen and oxygen atoms in total. The van der Waals surface area contributed by atoms with Gasteiger partial charge >= 0.3 is 0 Å². The molecule has 154 valence electrons. The first-order valence-corrected chi connectivity index (χ1v) is 9.59. The molecule has 2 amide bonds. The molecule has 0 saturated heterocycles. The van der Waals surface area contributed by atoms with E-state index in [-0.39, 0.29) is 16.9 Å². The summed E-state index contributed by atoms with van der Waals surface area (Å²) in [6.07, 6.45) is 1.39. The lowest BCUT2D eigenvalue weighted by molar-refractivity contribution is 0.102. The highest BCUT2D eigenvalue weighted by molar-refractivity contribution is 6.12.